The number of methoxy groups -OCH3 is 1. The first kappa shape index (κ1) is 20.2. The van der Waals surface area contributed by atoms with Crippen LogP contribution < -0.4 is 4.74 Å². The summed E-state index contributed by atoms with van der Waals surface area (Å²) in [4.78, 5) is 25.0. The van der Waals surface area contributed by atoms with Gasteiger partial charge in [0, 0.05) is 17.9 Å². The highest BCUT2D eigenvalue weighted by Gasteiger charge is 2.46. The van der Waals surface area contributed by atoms with Crippen molar-refractivity contribution in [3.8, 4) is 5.75 Å². The Kier molecular flexibility index (Phi) is 5.81. The minimum atomic E-state index is -0.645. The predicted octanol–water partition coefficient (Wildman–Crippen LogP) is 3.25. The minimum Gasteiger partial charge on any atom is -0.496 e. The topological polar surface area (TPSA) is 61.8 Å². The average Bonchev–Trinajstić information content (AvgIpc) is 3.13. The number of quaternary nitrogens is 1. The maximum Gasteiger partial charge on any atom is 0.313 e. The molecular weight excluding hydrogens is 370 g/mol. The predicted molar refractivity (Wildman–Crippen MR) is 107 cm³/mol. The van der Waals surface area contributed by atoms with Gasteiger partial charge in [-0.3, -0.25) is 9.59 Å². The van der Waals surface area contributed by atoms with Crippen molar-refractivity contribution in [1.29, 1.82) is 0 Å². The summed E-state index contributed by atoms with van der Waals surface area (Å²) in [6.07, 6.45) is 5.49. The number of rotatable bonds is 5. The third-order valence-electron chi connectivity index (χ3n) is 7.21. The zero-order valence-electron chi connectivity index (χ0n) is 17.5. The summed E-state index contributed by atoms with van der Waals surface area (Å²) in [7, 11) is 3.93. The van der Waals surface area contributed by atoms with Crippen molar-refractivity contribution < 1.29 is 28.3 Å². The van der Waals surface area contributed by atoms with Crippen LogP contribution in [-0.4, -0.2) is 56.3 Å². The van der Waals surface area contributed by atoms with Crippen molar-refractivity contribution in [2.45, 2.75) is 50.7 Å². The molecule has 0 aliphatic carbocycles. The highest BCUT2D eigenvalue weighted by molar-refractivity contribution is 5.84. The fourth-order valence-electron chi connectivity index (χ4n) is 5.67. The van der Waals surface area contributed by atoms with Gasteiger partial charge in [0.1, 0.15) is 17.8 Å². The maximum absolute atomic E-state index is 13.0. The lowest BCUT2D eigenvalue weighted by molar-refractivity contribution is -0.947. The molecular formula is C23H32NO5+. The molecule has 0 radical (unpaired) electrons. The van der Waals surface area contributed by atoms with E-state index in [4.69, 9.17) is 14.2 Å². The number of para-hydroxylation sites is 1. The average molecular weight is 403 g/mol. The second kappa shape index (κ2) is 8.34. The van der Waals surface area contributed by atoms with E-state index in [-0.39, 0.29) is 18.4 Å². The SMILES string of the molecule is COc1ccccc1[C@@H]1OC(=O)C[C@@H]1C(=O)OC[C@@H]1CCC[N+]2(C)CCCC[C@@H]12. The molecule has 3 saturated heterocycles. The molecule has 29 heavy (non-hydrogen) atoms. The normalized spacial score (nSPS) is 34.2. The van der Waals surface area contributed by atoms with Crippen LogP contribution >= 0.6 is 0 Å². The molecule has 0 saturated carbocycles. The number of hydrogen-bond donors (Lipinski definition) is 0. The number of ether oxygens (including phenoxy) is 3. The molecule has 3 heterocycles. The number of fused-ring (bicyclic) bond motifs is 1. The molecule has 0 aromatic heterocycles. The third-order valence-corrected chi connectivity index (χ3v) is 7.21. The van der Waals surface area contributed by atoms with Crippen LogP contribution in [0.5, 0.6) is 5.75 Å². The molecule has 6 nitrogen and oxygen atoms in total. The van der Waals surface area contributed by atoms with Gasteiger partial charge in [-0.15, -0.1) is 0 Å². The zero-order valence-corrected chi connectivity index (χ0v) is 17.5. The fraction of sp³-hybridized carbons (Fsp3) is 0.652. The van der Waals surface area contributed by atoms with E-state index in [0.29, 0.717) is 24.3 Å². The molecule has 158 valence electrons. The van der Waals surface area contributed by atoms with E-state index in [1.165, 1.54) is 38.8 Å². The summed E-state index contributed by atoms with van der Waals surface area (Å²) in [6, 6.07) is 7.95. The summed E-state index contributed by atoms with van der Waals surface area (Å²) in [5.74, 6) is -0.290. The van der Waals surface area contributed by atoms with Crippen molar-refractivity contribution in [3.05, 3.63) is 29.8 Å². The zero-order chi connectivity index (χ0) is 20.4. The van der Waals surface area contributed by atoms with Crippen LogP contribution in [0.15, 0.2) is 24.3 Å². The molecule has 0 N–H and O–H groups in total. The number of nitrogens with zero attached hydrogens (tertiary/aromatic N) is 1. The van der Waals surface area contributed by atoms with Crippen LogP contribution in [0.3, 0.4) is 0 Å². The Hall–Kier alpha value is -2.08. The lowest BCUT2D eigenvalue weighted by atomic mass is 9.82. The van der Waals surface area contributed by atoms with Crippen LogP contribution in [-0.2, 0) is 19.1 Å². The van der Waals surface area contributed by atoms with Crippen LogP contribution in [0.25, 0.3) is 0 Å². The highest BCUT2D eigenvalue weighted by Crippen LogP contribution is 2.41. The van der Waals surface area contributed by atoms with Crippen LogP contribution in [0, 0.1) is 11.8 Å². The summed E-state index contributed by atoms with van der Waals surface area (Å²) >= 11 is 0. The van der Waals surface area contributed by atoms with Gasteiger partial charge in [-0.25, -0.2) is 0 Å². The van der Waals surface area contributed by atoms with Crippen molar-refractivity contribution in [3.63, 3.8) is 0 Å². The monoisotopic (exact) mass is 402 g/mol. The Labute approximate surface area is 172 Å². The second-order valence-corrected chi connectivity index (χ2v) is 8.99. The Balaban J connectivity index is 1.44. The van der Waals surface area contributed by atoms with Crippen LogP contribution in [0.4, 0.5) is 0 Å². The standard InChI is InChI=1S/C23H32NO5/c1-24-12-6-5-10-19(24)16(8-7-13-24)15-28-23(26)18-14-21(25)29-22(18)17-9-3-4-11-20(17)27-2/h3-4,9,11,16,18-19,22H,5-8,10,12-15H2,1-2H3/q+1/t16-,18-,19-,22-,24?/m0/s1. The van der Waals surface area contributed by atoms with E-state index in [2.05, 4.69) is 7.05 Å². The second-order valence-electron chi connectivity index (χ2n) is 8.99. The van der Waals surface area contributed by atoms with Gasteiger partial charge in [0.25, 0.3) is 0 Å². The van der Waals surface area contributed by atoms with E-state index >= 15 is 0 Å². The van der Waals surface area contributed by atoms with Gasteiger partial charge in [-0.1, -0.05) is 18.2 Å². The first-order valence-electron chi connectivity index (χ1n) is 10.8. The Morgan fingerprint density at radius 2 is 1.97 bits per heavy atom. The van der Waals surface area contributed by atoms with E-state index in [9.17, 15) is 9.59 Å². The van der Waals surface area contributed by atoms with Gasteiger partial charge in [0.15, 0.2) is 0 Å². The Bertz CT molecular complexity index is 761. The molecule has 3 aliphatic rings. The van der Waals surface area contributed by atoms with E-state index in [1.807, 2.05) is 24.3 Å². The molecule has 1 aromatic rings. The Morgan fingerprint density at radius 3 is 2.79 bits per heavy atom. The van der Waals surface area contributed by atoms with E-state index < -0.39 is 12.0 Å². The summed E-state index contributed by atoms with van der Waals surface area (Å²) in [5, 5.41) is 0. The quantitative estimate of drug-likeness (QED) is 0.559. The van der Waals surface area contributed by atoms with Gasteiger partial charge in [-0.2, -0.15) is 0 Å². The first-order chi connectivity index (χ1) is 14.0. The molecule has 6 heteroatoms. The number of hydrogen-bond acceptors (Lipinski definition) is 5. The van der Waals surface area contributed by atoms with Gasteiger partial charge in [-0.05, 0) is 31.7 Å². The minimum absolute atomic E-state index is 0.0589. The first-order valence-corrected chi connectivity index (χ1v) is 10.8. The van der Waals surface area contributed by atoms with Crippen molar-refractivity contribution in [2.24, 2.45) is 11.8 Å². The Morgan fingerprint density at radius 1 is 1.17 bits per heavy atom. The number of benzene rings is 1. The molecule has 0 spiro atoms. The van der Waals surface area contributed by atoms with E-state index in [0.717, 1.165) is 16.5 Å². The fourth-order valence-corrected chi connectivity index (χ4v) is 5.67. The highest BCUT2D eigenvalue weighted by atomic mass is 16.6. The number of cyclic esters (lactones) is 1. The lowest BCUT2D eigenvalue weighted by Gasteiger charge is -2.51. The molecule has 3 aliphatic heterocycles. The van der Waals surface area contributed by atoms with Crippen molar-refractivity contribution >= 4 is 11.9 Å². The van der Waals surface area contributed by atoms with Crippen LogP contribution in [0.1, 0.15) is 50.2 Å². The third kappa shape index (κ3) is 4.00. The van der Waals surface area contributed by atoms with Crippen LogP contribution in [0.2, 0.25) is 0 Å². The molecule has 0 bridgehead atoms. The van der Waals surface area contributed by atoms with Crippen molar-refractivity contribution in [2.75, 3.05) is 33.9 Å². The molecule has 1 unspecified atom stereocenters. The largest absolute Gasteiger partial charge is 0.496 e. The van der Waals surface area contributed by atoms with E-state index in [1.54, 1.807) is 7.11 Å². The summed E-state index contributed by atoms with van der Waals surface area (Å²) in [5.41, 5.74) is 0.719. The molecule has 3 fully saturated rings. The smallest absolute Gasteiger partial charge is 0.313 e. The van der Waals surface area contributed by atoms with Gasteiger partial charge >= 0.3 is 11.9 Å². The summed E-state index contributed by atoms with van der Waals surface area (Å²) in [6.45, 7) is 2.91. The van der Waals surface area contributed by atoms with Gasteiger partial charge in [0.05, 0.1) is 46.3 Å². The molecule has 1 aromatic carbocycles. The van der Waals surface area contributed by atoms with Gasteiger partial charge in [0.2, 0.25) is 0 Å². The number of piperidine rings is 2. The molecule has 0 amide bonds. The lowest BCUT2D eigenvalue weighted by Crippen LogP contribution is -2.61. The summed E-state index contributed by atoms with van der Waals surface area (Å²) < 4.78 is 17.8. The van der Waals surface area contributed by atoms with Gasteiger partial charge < -0.3 is 18.7 Å². The molecule has 5 atom stereocenters. The number of carbonyl (C=O) groups excluding carboxylic acids is 2. The van der Waals surface area contributed by atoms with Crippen molar-refractivity contribution in [1.82, 2.24) is 0 Å². The molecule has 4 rings (SSSR count). The number of esters is 2. The maximum atomic E-state index is 13.0. The number of carbonyl (C=O) groups is 2.